The Labute approximate surface area is 126 Å². The van der Waals surface area contributed by atoms with Crippen LogP contribution in [0.2, 0.25) is 0 Å². The topological polar surface area (TPSA) is 67.9 Å². The molecule has 0 aromatic rings. The van der Waals surface area contributed by atoms with Crippen LogP contribution in [0.1, 0.15) is 40.5 Å². The largest absolute Gasteiger partial charge is 0.465 e. The first-order valence-electron chi connectivity index (χ1n) is 7.71. The Morgan fingerprint density at radius 3 is 2.67 bits per heavy atom. The van der Waals surface area contributed by atoms with Gasteiger partial charge in [0.1, 0.15) is 11.6 Å². The van der Waals surface area contributed by atoms with Gasteiger partial charge < -0.3 is 19.7 Å². The van der Waals surface area contributed by atoms with Crippen molar-refractivity contribution in [3.05, 3.63) is 0 Å². The summed E-state index contributed by atoms with van der Waals surface area (Å²) in [6, 6.07) is -0.129. The van der Waals surface area contributed by atoms with Crippen LogP contribution in [0.5, 0.6) is 0 Å². The van der Waals surface area contributed by atoms with Crippen LogP contribution >= 0.6 is 0 Å². The Bertz CT molecular complexity index is 405. The van der Waals surface area contributed by atoms with Crippen LogP contribution in [0.3, 0.4) is 0 Å². The Morgan fingerprint density at radius 1 is 1.33 bits per heavy atom. The third kappa shape index (κ3) is 3.87. The molecule has 3 atom stereocenters. The minimum absolute atomic E-state index is 0.116. The fourth-order valence-corrected chi connectivity index (χ4v) is 3.09. The fraction of sp³-hybridized carbons (Fsp3) is 0.867. The van der Waals surface area contributed by atoms with Crippen molar-refractivity contribution >= 4 is 12.1 Å². The molecule has 2 heterocycles. The van der Waals surface area contributed by atoms with Crippen molar-refractivity contribution in [2.24, 2.45) is 5.92 Å². The maximum atomic E-state index is 12.2. The number of fused-ring (bicyclic) bond motifs is 1. The van der Waals surface area contributed by atoms with Crippen molar-refractivity contribution in [1.29, 1.82) is 0 Å². The van der Waals surface area contributed by atoms with Gasteiger partial charge >= 0.3 is 12.1 Å². The zero-order valence-electron chi connectivity index (χ0n) is 13.3. The maximum absolute atomic E-state index is 12.2. The Balaban J connectivity index is 1.93. The number of hydrogen-bond donors (Lipinski definition) is 1. The van der Waals surface area contributed by atoms with Gasteiger partial charge in [0.2, 0.25) is 0 Å². The summed E-state index contributed by atoms with van der Waals surface area (Å²) >= 11 is 0. The highest BCUT2D eigenvalue weighted by Crippen LogP contribution is 2.32. The number of rotatable bonds is 2. The average molecular weight is 298 g/mol. The van der Waals surface area contributed by atoms with E-state index in [1.165, 1.54) is 0 Å². The Hall–Kier alpha value is -1.30. The summed E-state index contributed by atoms with van der Waals surface area (Å²) in [7, 11) is 0. The molecule has 0 unspecified atom stereocenters. The first-order valence-corrected chi connectivity index (χ1v) is 7.71. The molecule has 2 saturated heterocycles. The van der Waals surface area contributed by atoms with Gasteiger partial charge in [-0.3, -0.25) is 4.79 Å². The van der Waals surface area contributed by atoms with Gasteiger partial charge in [0.15, 0.2) is 0 Å². The molecule has 0 saturated carbocycles. The van der Waals surface area contributed by atoms with Crippen molar-refractivity contribution in [2.45, 2.75) is 58.2 Å². The number of esters is 1. The number of nitrogens with one attached hydrogen (secondary N) is 1. The molecule has 2 aliphatic heterocycles. The number of ether oxygens (including phenoxy) is 2. The SMILES string of the molecule is CCOC(=O)[C@H]1C[C@H]2CCN(C(=O)OC(C)(C)C)[C@H]2CN1. The van der Waals surface area contributed by atoms with Crippen LogP contribution in [0.15, 0.2) is 0 Å². The van der Waals surface area contributed by atoms with Crippen LogP contribution in [-0.4, -0.2) is 54.3 Å². The minimum Gasteiger partial charge on any atom is -0.465 e. The van der Waals surface area contributed by atoms with E-state index in [-0.39, 0.29) is 24.1 Å². The lowest BCUT2D eigenvalue weighted by molar-refractivity contribution is -0.146. The number of carbonyl (C=O) groups excluding carboxylic acids is 2. The molecule has 120 valence electrons. The standard InChI is InChI=1S/C15H26N2O4/c1-5-20-13(18)11-8-10-6-7-17(12(10)9-16-11)14(19)21-15(2,3)4/h10-12,16H,5-9H2,1-4H3/t10-,11-,12+/m1/s1. The zero-order valence-corrected chi connectivity index (χ0v) is 13.3. The molecule has 0 spiro atoms. The number of amides is 1. The number of piperidine rings is 1. The first-order chi connectivity index (χ1) is 9.81. The maximum Gasteiger partial charge on any atom is 0.410 e. The molecule has 2 rings (SSSR count). The van der Waals surface area contributed by atoms with Crippen molar-refractivity contribution < 1.29 is 19.1 Å². The van der Waals surface area contributed by atoms with E-state index in [4.69, 9.17) is 9.47 Å². The first kappa shape index (κ1) is 16.1. The number of nitrogens with zero attached hydrogens (tertiary/aromatic N) is 1. The Kier molecular flexibility index (Phi) is 4.76. The summed E-state index contributed by atoms with van der Waals surface area (Å²) in [5.74, 6) is 0.153. The van der Waals surface area contributed by atoms with Crippen LogP contribution in [0.25, 0.3) is 0 Å². The highest BCUT2D eigenvalue weighted by molar-refractivity contribution is 5.76. The lowest BCUT2D eigenvalue weighted by Gasteiger charge is -2.36. The molecular weight excluding hydrogens is 272 g/mol. The van der Waals surface area contributed by atoms with E-state index in [1.807, 2.05) is 27.7 Å². The monoisotopic (exact) mass is 298 g/mol. The number of likely N-dealkylation sites (tertiary alicyclic amines) is 1. The quantitative estimate of drug-likeness (QED) is 0.783. The second-order valence-corrected chi connectivity index (χ2v) is 6.74. The van der Waals surface area contributed by atoms with E-state index < -0.39 is 5.60 Å². The molecule has 2 fully saturated rings. The van der Waals surface area contributed by atoms with Gasteiger partial charge in [0, 0.05) is 13.1 Å². The van der Waals surface area contributed by atoms with E-state index in [0.29, 0.717) is 25.6 Å². The fourth-order valence-electron chi connectivity index (χ4n) is 3.09. The lowest BCUT2D eigenvalue weighted by atomic mass is 9.88. The van der Waals surface area contributed by atoms with E-state index >= 15 is 0 Å². The molecule has 6 heteroatoms. The predicted molar refractivity (Wildman–Crippen MR) is 77.9 cm³/mol. The predicted octanol–water partition coefficient (Wildman–Crippen LogP) is 1.54. The van der Waals surface area contributed by atoms with Crippen LogP contribution in [0, 0.1) is 5.92 Å². The van der Waals surface area contributed by atoms with Gasteiger partial charge in [-0.1, -0.05) is 0 Å². The number of hydrogen-bond acceptors (Lipinski definition) is 5. The summed E-state index contributed by atoms with van der Waals surface area (Å²) in [4.78, 5) is 25.8. The molecule has 1 N–H and O–H groups in total. The molecule has 2 aliphatic rings. The summed E-state index contributed by atoms with van der Waals surface area (Å²) in [5, 5.41) is 3.20. The van der Waals surface area contributed by atoms with Gasteiger partial charge in [0.25, 0.3) is 0 Å². The molecule has 0 aromatic carbocycles. The minimum atomic E-state index is -0.481. The molecule has 0 radical (unpaired) electrons. The highest BCUT2D eigenvalue weighted by atomic mass is 16.6. The average Bonchev–Trinajstić information content (AvgIpc) is 2.79. The van der Waals surface area contributed by atoms with Crippen LogP contribution < -0.4 is 5.32 Å². The van der Waals surface area contributed by atoms with Crippen molar-refractivity contribution in [1.82, 2.24) is 10.2 Å². The molecule has 1 amide bonds. The normalized spacial score (nSPS) is 29.0. The van der Waals surface area contributed by atoms with Gasteiger partial charge in [-0.15, -0.1) is 0 Å². The van der Waals surface area contributed by atoms with Crippen molar-refractivity contribution in [2.75, 3.05) is 19.7 Å². The zero-order chi connectivity index (χ0) is 15.6. The molecule has 0 bridgehead atoms. The van der Waals surface area contributed by atoms with Crippen LogP contribution in [-0.2, 0) is 14.3 Å². The summed E-state index contributed by atoms with van der Waals surface area (Å²) in [5.41, 5.74) is -0.481. The summed E-state index contributed by atoms with van der Waals surface area (Å²) in [6.45, 7) is 9.13. The van der Waals surface area contributed by atoms with Gasteiger partial charge in [0.05, 0.1) is 12.6 Å². The number of carbonyl (C=O) groups is 2. The molecule has 0 aliphatic carbocycles. The van der Waals surface area contributed by atoms with Crippen LogP contribution in [0.4, 0.5) is 4.79 Å². The van der Waals surface area contributed by atoms with E-state index in [9.17, 15) is 9.59 Å². The third-order valence-electron chi connectivity index (χ3n) is 4.00. The molecule has 21 heavy (non-hydrogen) atoms. The van der Waals surface area contributed by atoms with E-state index in [1.54, 1.807) is 4.90 Å². The van der Waals surface area contributed by atoms with Gasteiger partial charge in [-0.2, -0.15) is 0 Å². The van der Waals surface area contributed by atoms with Crippen molar-refractivity contribution in [3.63, 3.8) is 0 Å². The summed E-state index contributed by atoms with van der Waals surface area (Å²) in [6.07, 6.45) is 1.39. The van der Waals surface area contributed by atoms with E-state index in [2.05, 4.69) is 5.32 Å². The third-order valence-corrected chi connectivity index (χ3v) is 4.00. The summed E-state index contributed by atoms with van der Waals surface area (Å²) < 4.78 is 10.5. The molecular formula is C15H26N2O4. The highest BCUT2D eigenvalue weighted by Gasteiger charge is 2.44. The molecule has 0 aromatic heterocycles. The second kappa shape index (κ2) is 6.22. The van der Waals surface area contributed by atoms with Gasteiger partial charge in [-0.05, 0) is 46.5 Å². The van der Waals surface area contributed by atoms with Crippen molar-refractivity contribution in [3.8, 4) is 0 Å². The smallest absolute Gasteiger partial charge is 0.410 e. The Morgan fingerprint density at radius 2 is 2.05 bits per heavy atom. The second-order valence-electron chi connectivity index (χ2n) is 6.74. The van der Waals surface area contributed by atoms with E-state index in [0.717, 1.165) is 12.8 Å². The molecule has 6 nitrogen and oxygen atoms in total. The lowest BCUT2D eigenvalue weighted by Crippen LogP contribution is -2.54. The van der Waals surface area contributed by atoms with Gasteiger partial charge in [-0.25, -0.2) is 4.79 Å².